The van der Waals surface area contributed by atoms with Gasteiger partial charge in [0.15, 0.2) is 0 Å². The monoisotopic (exact) mass is 340 g/mol. The predicted octanol–water partition coefficient (Wildman–Crippen LogP) is 3.41. The molecule has 1 amide bonds. The highest BCUT2D eigenvalue weighted by molar-refractivity contribution is 7.17. The number of halogens is 2. The molecule has 3 rings (SSSR count). The smallest absolute Gasteiger partial charge is 0.264 e. The Bertz CT molecular complexity index is 644. The van der Waals surface area contributed by atoms with Crippen LogP contribution in [0.3, 0.4) is 0 Å². The van der Waals surface area contributed by atoms with E-state index in [-0.39, 0.29) is 30.2 Å². The first-order chi connectivity index (χ1) is 10.1. The number of benzene rings is 1. The standard InChI is InChI=1S/C16H17FN2OS.ClH/c1-11-10-18-8-9-19(11)16(20)15-7-6-14(21-15)12-2-4-13(17)5-3-12;/h2-7,11,18H,8-10H2,1H3;1H/t11-;/m0./s1. The van der Waals surface area contributed by atoms with Crippen LogP contribution >= 0.6 is 23.7 Å². The van der Waals surface area contributed by atoms with Crippen LogP contribution in [0, 0.1) is 5.82 Å². The average Bonchev–Trinajstić information content (AvgIpc) is 2.98. The number of thiophene rings is 1. The van der Waals surface area contributed by atoms with Crippen molar-refractivity contribution in [2.75, 3.05) is 19.6 Å². The number of hydrogen-bond acceptors (Lipinski definition) is 3. The minimum atomic E-state index is -0.249. The molecule has 1 aliphatic rings. The zero-order valence-corrected chi connectivity index (χ0v) is 13.8. The third kappa shape index (κ3) is 3.48. The Labute approximate surface area is 139 Å². The van der Waals surface area contributed by atoms with Gasteiger partial charge in [-0.2, -0.15) is 0 Å². The van der Waals surface area contributed by atoms with Gasteiger partial charge >= 0.3 is 0 Å². The lowest BCUT2D eigenvalue weighted by atomic mass is 10.2. The summed E-state index contributed by atoms with van der Waals surface area (Å²) in [5.74, 6) is -0.163. The number of amides is 1. The predicted molar refractivity (Wildman–Crippen MR) is 90.3 cm³/mol. The van der Waals surface area contributed by atoms with Crippen LogP contribution in [0.15, 0.2) is 36.4 Å². The van der Waals surface area contributed by atoms with E-state index in [0.717, 1.165) is 35.0 Å². The zero-order chi connectivity index (χ0) is 14.8. The number of carbonyl (C=O) groups is 1. The fourth-order valence-corrected chi connectivity index (χ4v) is 3.47. The summed E-state index contributed by atoms with van der Waals surface area (Å²) in [7, 11) is 0. The molecule has 2 heterocycles. The lowest BCUT2D eigenvalue weighted by molar-refractivity contribution is 0.0661. The van der Waals surface area contributed by atoms with Crippen molar-refractivity contribution in [3.63, 3.8) is 0 Å². The summed E-state index contributed by atoms with van der Waals surface area (Å²) in [4.78, 5) is 16.2. The van der Waals surface area contributed by atoms with Gasteiger partial charge in [0.2, 0.25) is 0 Å². The van der Waals surface area contributed by atoms with Gasteiger partial charge in [0.05, 0.1) is 4.88 Å². The molecule has 1 atom stereocenters. The molecule has 0 unspecified atom stereocenters. The minimum Gasteiger partial charge on any atom is -0.333 e. The first-order valence-electron chi connectivity index (χ1n) is 7.02. The molecule has 1 aromatic carbocycles. The van der Waals surface area contributed by atoms with Gasteiger partial charge in [0.1, 0.15) is 5.82 Å². The molecule has 1 aliphatic heterocycles. The third-order valence-electron chi connectivity index (χ3n) is 3.71. The van der Waals surface area contributed by atoms with Crippen molar-refractivity contribution in [2.45, 2.75) is 13.0 Å². The van der Waals surface area contributed by atoms with E-state index in [4.69, 9.17) is 0 Å². The summed E-state index contributed by atoms with van der Waals surface area (Å²) in [6.07, 6.45) is 0. The summed E-state index contributed by atoms with van der Waals surface area (Å²) in [5, 5.41) is 3.28. The zero-order valence-electron chi connectivity index (χ0n) is 12.2. The fourth-order valence-electron chi connectivity index (χ4n) is 2.51. The van der Waals surface area contributed by atoms with E-state index in [1.165, 1.54) is 23.5 Å². The van der Waals surface area contributed by atoms with Crippen LogP contribution in [0.1, 0.15) is 16.6 Å². The van der Waals surface area contributed by atoms with Crippen LogP contribution in [0.25, 0.3) is 10.4 Å². The summed E-state index contributed by atoms with van der Waals surface area (Å²) in [5.41, 5.74) is 0.939. The highest BCUT2D eigenvalue weighted by Gasteiger charge is 2.25. The number of hydrogen-bond donors (Lipinski definition) is 1. The molecule has 0 radical (unpaired) electrons. The Balaban J connectivity index is 0.00000176. The van der Waals surface area contributed by atoms with Gasteiger partial charge in [-0.1, -0.05) is 12.1 Å². The van der Waals surface area contributed by atoms with Crippen molar-refractivity contribution in [3.05, 3.63) is 47.1 Å². The second-order valence-corrected chi connectivity index (χ2v) is 6.31. The number of nitrogens with one attached hydrogen (secondary N) is 1. The highest BCUT2D eigenvalue weighted by Crippen LogP contribution is 2.29. The molecule has 0 spiro atoms. The van der Waals surface area contributed by atoms with E-state index in [1.807, 2.05) is 17.0 Å². The van der Waals surface area contributed by atoms with Crippen LogP contribution in [0.4, 0.5) is 4.39 Å². The quantitative estimate of drug-likeness (QED) is 0.908. The molecule has 0 saturated carbocycles. The normalized spacial score (nSPS) is 17.9. The molecule has 1 saturated heterocycles. The second-order valence-electron chi connectivity index (χ2n) is 5.22. The van der Waals surface area contributed by atoms with E-state index in [9.17, 15) is 9.18 Å². The van der Waals surface area contributed by atoms with E-state index < -0.39 is 0 Å². The number of rotatable bonds is 2. The SMILES string of the molecule is C[C@H]1CNCCN1C(=O)c1ccc(-c2ccc(F)cc2)s1.Cl. The molecule has 2 aromatic rings. The minimum absolute atomic E-state index is 0. The van der Waals surface area contributed by atoms with Gasteiger partial charge in [-0.25, -0.2) is 4.39 Å². The second kappa shape index (κ2) is 7.22. The van der Waals surface area contributed by atoms with Crippen molar-refractivity contribution in [1.82, 2.24) is 10.2 Å². The highest BCUT2D eigenvalue weighted by atomic mass is 35.5. The van der Waals surface area contributed by atoms with Crippen molar-refractivity contribution in [1.29, 1.82) is 0 Å². The fraction of sp³-hybridized carbons (Fsp3) is 0.312. The van der Waals surface area contributed by atoms with E-state index >= 15 is 0 Å². The van der Waals surface area contributed by atoms with E-state index in [0.29, 0.717) is 0 Å². The lowest BCUT2D eigenvalue weighted by Gasteiger charge is -2.33. The van der Waals surface area contributed by atoms with Crippen LogP contribution in [-0.2, 0) is 0 Å². The number of carbonyl (C=O) groups excluding carboxylic acids is 1. The Morgan fingerprint density at radius 2 is 2.00 bits per heavy atom. The van der Waals surface area contributed by atoms with Crippen molar-refractivity contribution >= 4 is 29.7 Å². The van der Waals surface area contributed by atoms with E-state index in [2.05, 4.69) is 12.2 Å². The van der Waals surface area contributed by atoms with Crippen LogP contribution in [0.5, 0.6) is 0 Å². The first-order valence-corrected chi connectivity index (χ1v) is 7.84. The molecular weight excluding hydrogens is 323 g/mol. The van der Waals surface area contributed by atoms with E-state index in [1.54, 1.807) is 12.1 Å². The largest absolute Gasteiger partial charge is 0.333 e. The Hall–Kier alpha value is -1.43. The van der Waals surface area contributed by atoms with Crippen molar-refractivity contribution < 1.29 is 9.18 Å². The topological polar surface area (TPSA) is 32.3 Å². The molecule has 0 bridgehead atoms. The third-order valence-corrected chi connectivity index (χ3v) is 4.83. The van der Waals surface area contributed by atoms with Gasteiger partial charge in [0, 0.05) is 30.6 Å². The Morgan fingerprint density at radius 3 is 2.68 bits per heavy atom. The van der Waals surface area contributed by atoms with Crippen LogP contribution in [-0.4, -0.2) is 36.5 Å². The van der Waals surface area contributed by atoms with Crippen molar-refractivity contribution in [2.24, 2.45) is 0 Å². The summed E-state index contributed by atoms with van der Waals surface area (Å²) in [6, 6.07) is 10.4. The summed E-state index contributed by atoms with van der Waals surface area (Å²) < 4.78 is 13.0. The maximum absolute atomic E-state index is 13.0. The molecule has 0 aliphatic carbocycles. The van der Waals surface area contributed by atoms with Gasteiger partial charge in [-0.3, -0.25) is 4.79 Å². The Kier molecular flexibility index (Phi) is 5.56. The molecule has 1 fully saturated rings. The Morgan fingerprint density at radius 1 is 1.27 bits per heavy atom. The van der Waals surface area contributed by atoms with Crippen LogP contribution < -0.4 is 5.32 Å². The molecule has 3 nitrogen and oxygen atoms in total. The summed E-state index contributed by atoms with van der Waals surface area (Å²) in [6.45, 7) is 4.47. The number of piperazine rings is 1. The molecule has 22 heavy (non-hydrogen) atoms. The lowest BCUT2D eigenvalue weighted by Crippen LogP contribution is -2.52. The summed E-state index contributed by atoms with van der Waals surface area (Å²) >= 11 is 1.46. The maximum atomic E-state index is 13.0. The molecule has 1 N–H and O–H groups in total. The van der Waals surface area contributed by atoms with Gasteiger partial charge in [-0.05, 0) is 36.8 Å². The van der Waals surface area contributed by atoms with Gasteiger partial charge in [0.25, 0.3) is 5.91 Å². The first kappa shape index (κ1) is 16.9. The average molecular weight is 341 g/mol. The number of nitrogens with zero attached hydrogens (tertiary/aromatic N) is 1. The molecule has 118 valence electrons. The molecule has 6 heteroatoms. The van der Waals surface area contributed by atoms with Gasteiger partial charge in [-0.15, -0.1) is 23.7 Å². The molecular formula is C16H18ClFN2OS. The van der Waals surface area contributed by atoms with Crippen molar-refractivity contribution in [3.8, 4) is 10.4 Å². The van der Waals surface area contributed by atoms with Gasteiger partial charge < -0.3 is 10.2 Å². The van der Waals surface area contributed by atoms with Crippen LogP contribution in [0.2, 0.25) is 0 Å². The molecule has 1 aromatic heterocycles. The maximum Gasteiger partial charge on any atom is 0.264 e.